The Hall–Kier alpha value is -2.77. The number of anilines is 1. The number of nitrogens with zero attached hydrogens (tertiary/aromatic N) is 3. The van der Waals surface area contributed by atoms with E-state index in [-0.39, 0.29) is 17.3 Å². The Kier molecular flexibility index (Phi) is 3.23. The lowest BCUT2D eigenvalue weighted by molar-refractivity contribution is 0.0691. The lowest BCUT2D eigenvalue weighted by atomic mass is 10.3. The molecule has 1 amide bonds. The van der Waals surface area contributed by atoms with Gasteiger partial charge in [-0.2, -0.15) is 0 Å². The van der Waals surface area contributed by atoms with Crippen LogP contribution in [-0.2, 0) is 0 Å². The van der Waals surface area contributed by atoms with Crippen molar-refractivity contribution in [3.8, 4) is 0 Å². The second-order valence-electron chi connectivity index (χ2n) is 3.66. The lowest BCUT2D eigenvalue weighted by Crippen LogP contribution is -2.17. The standard InChI is InChI=1S/C11H10N4O4/c1-5-8(19-6(2)14-5)10(16)15-9-7(11(17)18)12-3-4-13-9/h3-4H,1-2H3,(H,17,18)(H,13,15,16). The smallest absolute Gasteiger partial charge is 0.358 e. The number of amides is 1. The molecule has 8 nitrogen and oxygen atoms in total. The highest BCUT2D eigenvalue weighted by Crippen LogP contribution is 2.14. The van der Waals surface area contributed by atoms with Crippen molar-refractivity contribution in [2.45, 2.75) is 13.8 Å². The van der Waals surface area contributed by atoms with Crippen molar-refractivity contribution in [3.05, 3.63) is 35.4 Å². The molecule has 2 heterocycles. The molecule has 0 bridgehead atoms. The Morgan fingerprint density at radius 3 is 2.53 bits per heavy atom. The van der Waals surface area contributed by atoms with E-state index in [9.17, 15) is 9.59 Å². The summed E-state index contributed by atoms with van der Waals surface area (Å²) in [6.45, 7) is 3.22. The minimum absolute atomic E-state index is 0.0134. The van der Waals surface area contributed by atoms with Crippen molar-refractivity contribution < 1.29 is 19.1 Å². The Labute approximate surface area is 107 Å². The van der Waals surface area contributed by atoms with E-state index < -0.39 is 11.9 Å². The third-order valence-electron chi connectivity index (χ3n) is 2.24. The van der Waals surface area contributed by atoms with Crippen molar-refractivity contribution in [3.63, 3.8) is 0 Å². The molecule has 19 heavy (non-hydrogen) atoms. The maximum Gasteiger partial charge on any atom is 0.358 e. The zero-order chi connectivity index (χ0) is 14.0. The van der Waals surface area contributed by atoms with E-state index in [0.717, 1.165) is 0 Å². The highest BCUT2D eigenvalue weighted by atomic mass is 16.4. The quantitative estimate of drug-likeness (QED) is 0.847. The van der Waals surface area contributed by atoms with Gasteiger partial charge < -0.3 is 14.8 Å². The van der Waals surface area contributed by atoms with Crippen LogP contribution in [0.2, 0.25) is 0 Å². The molecular weight excluding hydrogens is 252 g/mol. The fourth-order valence-corrected chi connectivity index (χ4v) is 1.49. The van der Waals surface area contributed by atoms with E-state index in [1.807, 2.05) is 0 Å². The van der Waals surface area contributed by atoms with Crippen molar-refractivity contribution >= 4 is 17.7 Å². The van der Waals surface area contributed by atoms with Crippen LogP contribution in [0.1, 0.15) is 32.6 Å². The zero-order valence-electron chi connectivity index (χ0n) is 10.2. The predicted octanol–water partition coefficient (Wildman–Crippen LogP) is 1.03. The summed E-state index contributed by atoms with van der Waals surface area (Å²) in [6, 6.07) is 0. The van der Waals surface area contributed by atoms with Gasteiger partial charge in [-0.25, -0.2) is 19.7 Å². The van der Waals surface area contributed by atoms with Crippen molar-refractivity contribution in [2.24, 2.45) is 0 Å². The molecule has 2 aromatic rings. The maximum atomic E-state index is 11.9. The number of hydrogen-bond donors (Lipinski definition) is 2. The van der Waals surface area contributed by atoms with Gasteiger partial charge in [0.25, 0.3) is 5.91 Å². The molecule has 0 aliphatic heterocycles. The first-order valence-corrected chi connectivity index (χ1v) is 5.28. The second kappa shape index (κ2) is 4.84. The first-order valence-electron chi connectivity index (χ1n) is 5.28. The fraction of sp³-hybridized carbons (Fsp3) is 0.182. The van der Waals surface area contributed by atoms with Gasteiger partial charge >= 0.3 is 5.97 Å². The van der Waals surface area contributed by atoms with Gasteiger partial charge in [0, 0.05) is 19.3 Å². The predicted molar refractivity (Wildman–Crippen MR) is 62.9 cm³/mol. The van der Waals surface area contributed by atoms with E-state index in [2.05, 4.69) is 20.3 Å². The van der Waals surface area contributed by atoms with E-state index in [4.69, 9.17) is 9.52 Å². The molecule has 0 fully saturated rings. The van der Waals surface area contributed by atoms with Crippen LogP contribution >= 0.6 is 0 Å². The van der Waals surface area contributed by atoms with Crippen LogP contribution in [0.3, 0.4) is 0 Å². The maximum absolute atomic E-state index is 11.9. The number of carbonyl (C=O) groups is 2. The van der Waals surface area contributed by atoms with E-state index in [1.165, 1.54) is 12.4 Å². The largest absolute Gasteiger partial charge is 0.476 e. The van der Waals surface area contributed by atoms with Crippen LogP contribution in [0.25, 0.3) is 0 Å². The molecule has 0 atom stereocenters. The molecule has 0 saturated carbocycles. The molecule has 0 spiro atoms. The number of aryl methyl sites for hydroxylation is 2. The highest BCUT2D eigenvalue weighted by molar-refractivity contribution is 6.05. The Balaban J connectivity index is 2.29. The summed E-state index contributed by atoms with van der Waals surface area (Å²) in [5.41, 5.74) is 0.0699. The summed E-state index contributed by atoms with van der Waals surface area (Å²) >= 11 is 0. The lowest BCUT2D eigenvalue weighted by Gasteiger charge is -2.04. The number of nitrogens with one attached hydrogen (secondary N) is 1. The van der Waals surface area contributed by atoms with E-state index in [1.54, 1.807) is 13.8 Å². The Morgan fingerprint density at radius 1 is 1.26 bits per heavy atom. The van der Waals surface area contributed by atoms with Crippen molar-refractivity contribution in [1.29, 1.82) is 0 Å². The van der Waals surface area contributed by atoms with Crippen LogP contribution in [0.4, 0.5) is 5.82 Å². The van der Waals surface area contributed by atoms with Crippen LogP contribution in [0.5, 0.6) is 0 Å². The molecule has 0 radical (unpaired) electrons. The van der Waals surface area contributed by atoms with Gasteiger partial charge in [0.15, 0.2) is 17.4 Å². The van der Waals surface area contributed by atoms with Gasteiger partial charge in [0.1, 0.15) is 0 Å². The molecule has 0 saturated heterocycles. The van der Waals surface area contributed by atoms with Gasteiger partial charge in [0.05, 0.1) is 5.69 Å². The summed E-state index contributed by atoms with van der Waals surface area (Å²) in [5, 5.41) is 11.3. The zero-order valence-corrected chi connectivity index (χ0v) is 10.2. The average molecular weight is 262 g/mol. The molecule has 0 aliphatic rings. The topological polar surface area (TPSA) is 118 Å². The van der Waals surface area contributed by atoms with Crippen molar-refractivity contribution in [2.75, 3.05) is 5.32 Å². The molecule has 0 aromatic carbocycles. The average Bonchev–Trinajstić information content (AvgIpc) is 2.69. The summed E-state index contributed by atoms with van der Waals surface area (Å²) in [6.07, 6.45) is 2.50. The summed E-state index contributed by atoms with van der Waals surface area (Å²) in [7, 11) is 0. The molecular formula is C11H10N4O4. The van der Waals surface area contributed by atoms with Gasteiger partial charge in [-0.1, -0.05) is 0 Å². The first-order chi connectivity index (χ1) is 8.99. The van der Waals surface area contributed by atoms with Crippen molar-refractivity contribution in [1.82, 2.24) is 15.0 Å². The van der Waals surface area contributed by atoms with Gasteiger partial charge in [0.2, 0.25) is 5.76 Å². The molecule has 2 aromatic heterocycles. The molecule has 8 heteroatoms. The summed E-state index contributed by atoms with van der Waals surface area (Å²) in [4.78, 5) is 34.2. The third-order valence-corrected chi connectivity index (χ3v) is 2.24. The number of carboxylic acid groups (broad SMARTS) is 1. The number of carbonyl (C=O) groups excluding carboxylic acids is 1. The molecule has 2 N–H and O–H groups in total. The normalized spacial score (nSPS) is 10.2. The third kappa shape index (κ3) is 2.57. The Morgan fingerprint density at radius 2 is 1.95 bits per heavy atom. The molecule has 0 aliphatic carbocycles. The second-order valence-corrected chi connectivity index (χ2v) is 3.66. The number of hydrogen-bond acceptors (Lipinski definition) is 6. The van der Waals surface area contributed by atoms with Crippen LogP contribution < -0.4 is 5.32 Å². The van der Waals surface area contributed by atoms with E-state index in [0.29, 0.717) is 11.6 Å². The molecule has 2 rings (SSSR count). The van der Waals surface area contributed by atoms with Crippen LogP contribution in [0, 0.1) is 13.8 Å². The van der Waals surface area contributed by atoms with Crippen LogP contribution in [0.15, 0.2) is 16.8 Å². The highest BCUT2D eigenvalue weighted by Gasteiger charge is 2.20. The molecule has 0 unspecified atom stereocenters. The van der Waals surface area contributed by atoms with Crippen LogP contribution in [-0.4, -0.2) is 31.9 Å². The fourth-order valence-electron chi connectivity index (χ4n) is 1.49. The van der Waals surface area contributed by atoms with Gasteiger partial charge in [-0.15, -0.1) is 0 Å². The monoisotopic (exact) mass is 262 g/mol. The van der Waals surface area contributed by atoms with Gasteiger partial charge in [-0.05, 0) is 6.92 Å². The molecule has 98 valence electrons. The van der Waals surface area contributed by atoms with Gasteiger partial charge in [-0.3, -0.25) is 4.79 Å². The number of aromatic carboxylic acids is 1. The number of carboxylic acids is 1. The first kappa shape index (κ1) is 12.7. The number of rotatable bonds is 3. The van der Waals surface area contributed by atoms with E-state index >= 15 is 0 Å². The summed E-state index contributed by atoms with van der Waals surface area (Å²) < 4.78 is 5.13. The summed E-state index contributed by atoms with van der Waals surface area (Å²) in [5.74, 6) is -1.69. The number of oxazole rings is 1. The number of aromatic nitrogens is 3. The minimum atomic E-state index is -1.28. The Bertz CT molecular complexity index is 650. The minimum Gasteiger partial charge on any atom is -0.476 e. The SMILES string of the molecule is Cc1nc(C)c(C(=O)Nc2nccnc2C(=O)O)o1.